The van der Waals surface area contributed by atoms with Crippen molar-refractivity contribution in [2.75, 3.05) is 22.5 Å². The van der Waals surface area contributed by atoms with Gasteiger partial charge in [-0.1, -0.05) is 12.1 Å². The molecule has 0 saturated heterocycles. The van der Waals surface area contributed by atoms with E-state index in [1.807, 2.05) is 31.2 Å². The topological polar surface area (TPSA) is 80.0 Å². The maximum atomic E-state index is 6.36. The summed E-state index contributed by atoms with van der Waals surface area (Å²) in [6, 6.07) is 12.1. The Hall–Kier alpha value is -3.15. The van der Waals surface area contributed by atoms with Crippen molar-refractivity contribution in [1.82, 2.24) is 15.0 Å². The Morgan fingerprint density at radius 3 is 2.56 bits per heavy atom. The molecule has 3 N–H and O–H groups in total. The van der Waals surface area contributed by atoms with Gasteiger partial charge in [0.25, 0.3) is 0 Å². The molecule has 0 radical (unpaired) electrons. The molecule has 0 bridgehead atoms. The summed E-state index contributed by atoms with van der Waals surface area (Å²) < 4.78 is 0. The van der Waals surface area contributed by atoms with Crippen molar-refractivity contribution in [2.45, 2.75) is 20.8 Å². The van der Waals surface area contributed by atoms with Gasteiger partial charge in [-0.15, -0.1) is 0 Å². The van der Waals surface area contributed by atoms with Gasteiger partial charge in [0.1, 0.15) is 17.8 Å². The number of hydrogen-bond acceptors (Lipinski definition) is 6. The van der Waals surface area contributed by atoms with Crippen molar-refractivity contribution in [3.05, 3.63) is 60.0 Å². The normalized spacial score (nSPS) is 10.5. The minimum Gasteiger partial charge on any atom is -0.393 e. The molecule has 0 spiro atoms. The van der Waals surface area contributed by atoms with E-state index in [0.29, 0.717) is 23.1 Å². The number of pyridine rings is 1. The monoisotopic (exact) mass is 334 g/mol. The summed E-state index contributed by atoms with van der Waals surface area (Å²) in [5, 5.41) is 3.18. The van der Waals surface area contributed by atoms with Crippen LogP contribution in [0.15, 0.2) is 48.9 Å². The molecule has 0 fully saturated rings. The number of aromatic nitrogens is 3. The molecule has 0 aliphatic carbocycles. The largest absolute Gasteiger partial charge is 0.393 e. The first kappa shape index (κ1) is 16.7. The molecule has 0 atom stereocenters. The number of nitrogens with zero attached hydrogens (tertiary/aromatic N) is 4. The molecule has 0 amide bonds. The van der Waals surface area contributed by atoms with Crippen LogP contribution in [0.5, 0.6) is 0 Å². The zero-order valence-electron chi connectivity index (χ0n) is 14.7. The third kappa shape index (κ3) is 3.68. The quantitative estimate of drug-likeness (QED) is 0.735. The van der Waals surface area contributed by atoms with Crippen molar-refractivity contribution in [2.24, 2.45) is 0 Å². The third-order valence-electron chi connectivity index (χ3n) is 3.91. The van der Waals surface area contributed by atoms with Crippen molar-refractivity contribution >= 4 is 28.8 Å². The fourth-order valence-electron chi connectivity index (χ4n) is 2.68. The summed E-state index contributed by atoms with van der Waals surface area (Å²) >= 11 is 0. The Bertz CT molecular complexity index is 877. The molecule has 25 heavy (non-hydrogen) atoms. The van der Waals surface area contributed by atoms with Gasteiger partial charge in [-0.05, 0) is 56.2 Å². The van der Waals surface area contributed by atoms with E-state index >= 15 is 0 Å². The highest BCUT2D eigenvalue weighted by atomic mass is 15.2. The molecule has 3 rings (SSSR count). The van der Waals surface area contributed by atoms with Gasteiger partial charge >= 0.3 is 0 Å². The molecule has 6 nitrogen and oxygen atoms in total. The summed E-state index contributed by atoms with van der Waals surface area (Å²) in [6.45, 7) is 6.89. The van der Waals surface area contributed by atoms with Crippen LogP contribution in [-0.4, -0.2) is 21.5 Å². The second-order valence-corrected chi connectivity index (χ2v) is 5.89. The Labute approximate surface area is 147 Å². The van der Waals surface area contributed by atoms with Gasteiger partial charge in [-0.2, -0.15) is 0 Å². The van der Waals surface area contributed by atoms with Crippen molar-refractivity contribution in [1.29, 1.82) is 0 Å². The van der Waals surface area contributed by atoms with E-state index in [4.69, 9.17) is 5.73 Å². The second kappa shape index (κ2) is 7.17. The van der Waals surface area contributed by atoms with Gasteiger partial charge in [-0.25, -0.2) is 15.0 Å². The van der Waals surface area contributed by atoms with Crippen LogP contribution < -0.4 is 16.0 Å². The molecule has 3 aromatic rings. The lowest BCUT2D eigenvalue weighted by atomic mass is 10.2. The van der Waals surface area contributed by atoms with Crippen molar-refractivity contribution in [3.63, 3.8) is 0 Å². The third-order valence-corrected chi connectivity index (χ3v) is 3.91. The minimum absolute atomic E-state index is 0.495. The summed E-state index contributed by atoms with van der Waals surface area (Å²) in [6.07, 6.45) is 3.27. The molecule has 2 aromatic heterocycles. The van der Waals surface area contributed by atoms with Gasteiger partial charge in [-0.3, -0.25) is 0 Å². The lowest BCUT2D eigenvalue weighted by molar-refractivity contribution is 0.979. The van der Waals surface area contributed by atoms with Crippen molar-refractivity contribution < 1.29 is 0 Å². The molecule has 128 valence electrons. The van der Waals surface area contributed by atoms with E-state index in [-0.39, 0.29) is 0 Å². The van der Waals surface area contributed by atoms with Crippen LogP contribution in [0.2, 0.25) is 0 Å². The number of nitrogens with two attached hydrogens (primary N) is 1. The van der Waals surface area contributed by atoms with Crippen LogP contribution in [0, 0.1) is 13.8 Å². The molecular weight excluding hydrogens is 312 g/mol. The number of hydrogen-bond donors (Lipinski definition) is 2. The minimum atomic E-state index is 0.495. The highest BCUT2D eigenvalue weighted by molar-refractivity contribution is 5.81. The predicted octanol–water partition coefficient (Wildman–Crippen LogP) is 3.97. The average Bonchev–Trinajstić information content (AvgIpc) is 2.59. The number of anilines is 5. The van der Waals surface area contributed by atoms with E-state index < -0.39 is 0 Å². The Kier molecular flexibility index (Phi) is 4.79. The van der Waals surface area contributed by atoms with Crippen LogP contribution >= 0.6 is 0 Å². The summed E-state index contributed by atoms with van der Waals surface area (Å²) in [5.41, 5.74) is 10.2. The molecule has 0 unspecified atom stereocenters. The van der Waals surface area contributed by atoms with Crippen molar-refractivity contribution in [3.8, 4) is 0 Å². The van der Waals surface area contributed by atoms with Crippen LogP contribution in [0.1, 0.15) is 18.1 Å². The Morgan fingerprint density at radius 1 is 1.04 bits per heavy atom. The summed E-state index contributed by atoms with van der Waals surface area (Å²) in [5.74, 6) is 1.93. The van der Waals surface area contributed by atoms with Gasteiger partial charge in [0.2, 0.25) is 0 Å². The van der Waals surface area contributed by atoms with Gasteiger partial charge in [0.05, 0.1) is 0 Å². The first-order valence-electron chi connectivity index (χ1n) is 8.23. The van der Waals surface area contributed by atoms with Gasteiger partial charge < -0.3 is 16.0 Å². The summed E-state index contributed by atoms with van der Waals surface area (Å²) in [4.78, 5) is 15.1. The second-order valence-electron chi connectivity index (χ2n) is 5.89. The molecule has 6 heteroatoms. The number of nitrogen functional groups attached to an aromatic ring is 1. The number of rotatable bonds is 5. The SMILES string of the molecule is CCN(c1cccc(C)c1)c1ncnc(Nc2cc(C)ccn2)c1N. The number of aryl methyl sites for hydroxylation is 2. The molecule has 1 aromatic carbocycles. The number of nitrogens with one attached hydrogen (secondary N) is 1. The van der Waals surface area contributed by atoms with E-state index in [9.17, 15) is 0 Å². The average molecular weight is 334 g/mol. The van der Waals surface area contributed by atoms with E-state index in [0.717, 1.165) is 17.8 Å². The lowest BCUT2D eigenvalue weighted by Gasteiger charge is -2.24. The Balaban J connectivity index is 1.97. The molecule has 0 aliphatic heterocycles. The predicted molar refractivity (Wildman–Crippen MR) is 103 cm³/mol. The smallest absolute Gasteiger partial charge is 0.161 e. The fraction of sp³-hybridized carbons (Fsp3) is 0.211. The highest BCUT2D eigenvalue weighted by Gasteiger charge is 2.16. The maximum Gasteiger partial charge on any atom is 0.161 e. The van der Waals surface area contributed by atoms with E-state index in [1.54, 1.807) is 6.20 Å². The van der Waals surface area contributed by atoms with E-state index in [1.165, 1.54) is 11.9 Å². The molecule has 0 saturated carbocycles. The van der Waals surface area contributed by atoms with Gasteiger partial charge in [0, 0.05) is 18.4 Å². The molecular formula is C19H22N6. The van der Waals surface area contributed by atoms with E-state index in [2.05, 4.69) is 51.1 Å². The van der Waals surface area contributed by atoms with Gasteiger partial charge in [0.15, 0.2) is 11.6 Å². The maximum absolute atomic E-state index is 6.36. The highest BCUT2D eigenvalue weighted by Crippen LogP contribution is 2.32. The lowest BCUT2D eigenvalue weighted by Crippen LogP contribution is -2.20. The first-order valence-corrected chi connectivity index (χ1v) is 8.23. The Morgan fingerprint density at radius 2 is 1.84 bits per heavy atom. The van der Waals surface area contributed by atoms with Crippen LogP contribution in [0.3, 0.4) is 0 Å². The summed E-state index contributed by atoms with van der Waals surface area (Å²) in [7, 11) is 0. The zero-order chi connectivity index (χ0) is 17.8. The van der Waals surface area contributed by atoms with Crippen LogP contribution in [0.4, 0.5) is 28.8 Å². The molecule has 0 aliphatic rings. The fourth-order valence-corrected chi connectivity index (χ4v) is 2.68. The number of benzene rings is 1. The van der Waals surface area contributed by atoms with Crippen LogP contribution in [-0.2, 0) is 0 Å². The standard InChI is InChI=1S/C19H22N6/c1-4-25(15-7-5-6-13(2)10-15)19-17(20)18(22-12-23-19)24-16-11-14(3)8-9-21-16/h5-12H,4,20H2,1-3H3,(H,21,22,23,24). The van der Waals surface area contributed by atoms with Crippen LogP contribution in [0.25, 0.3) is 0 Å². The first-order chi connectivity index (χ1) is 12.1. The zero-order valence-corrected chi connectivity index (χ0v) is 14.7. The molecule has 2 heterocycles.